The quantitative estimate of drug-likeness (QED) is 0.705. The Hall–Kier alpha value is -2.50. The van der Waals surface area contributed by atoms with Crippen molar-refractivity contribution in [3.8, 4) is 10.6 Å². The van der Waals surface area contributed by atoms with Crippen LogP contribution in [0.4, 0.5) is 0 Å². The van der Waals surface area contributed by atoms with E-state index in [-0.39, 0.29) is 12.3 Å². The number of nitrogens with zero attached hydrogens (tertiary/aromatic N) is 1. The minimum absolute atomic E-state index is 0.203. The van der Waals surface area contributed by atoms with E-state index < -0.39 is 0 Å². The van der Waals surface area contributed by atoms with Crippen LogP contribution in [0.3, 0.4) is 0 Å². The van der Waals surface area contributed by atoms with E-state index in [1.54, 1.807) is 0 Å². The molecule has 0 spiro atoms. The van der Waals surface area contributed by atoms with Crippen molar-refractivity contribution >= 4 is 17.2 Å². The predicted octanol–water partition coefficient (Wildman–Crippen LogP) is 3.60. The van der Waals surface area contributed by atoms with Crippen molar-refractivity contribution in [3.63, 3.8) is 0 Å². The zero-order chi connectivity index (χ0) is 15.9. The number of nitrogens with one attached hydrogen (secondary N) is 1. The van der Waals surface area contributed by atoms with Gasteiger partial charge in [-0.2, -0.15) is 0 Å². The van der Waals surface area contributed by atoms with Crippen LogP contribution in [0.1, 0.15) is 11.3 Å². The molecule has 0 aliphatic carbocycles. The SMILES string of the molecule is O=C(Cc1csc(-c2ccccc2)n1)NOCc1ccccc1. The third-order valence-electron chi connectivity index (χ3n) is 3.18. The zero-order valence-corrected chi connectivity index (χ0v) is 13.3. The number of rotatable bonds is 6. The first-order valence-electron chi connectivity index (χ1n) is 7.25. The highest BCUT2D eigenvalue weighted by atomic mass is 32.1. The average Bonchev–Trinajstić information content (AvgIpc) is 3.05. The van der Waals surface area contributed by atoms with E-state index in [1.165, 1.54) is 11.3 Å². The van der Waals surface area contributed by atoms with Gasteiger partial charge in [-0.15, -0.1) is 11.3 Å². The monoisotopic (exact) mass is 324 g/mol. The van der Waals surface area contributed by atoms with Crippen molar-refractivity contribution in [1.29, 1.82) is 0 Å². The first-order chi connectivity index (χ1) is 11.3. The van der Waals surface area contributed by atoms with Crippen molar-refractivity contribution in [2.24, 2.45) is 0 Å². The van der Waals surface area contributed by atoms with Crippen molar-refractivity contribution < 1.29 is 9.63 Å². The molecule has 1 heterocycles. The Labute approximate surface area is 138 Å². The summed E-state index contributed by atoms with van der Waals surface area (Å²) in [4.78, 5) is 21.6. The molecular formula is C18H16N2O2S. The van der Waals surface area contributed by atoms with E-state index in [0.717, 1.165) is 21.8 Å². The van der Waals surface area contributed by atoms with Crippen LogP contribution in [-0.4, -0.2) is 10.9 Å². The highest BCUT2D eigenvalue weighted by Crippen LogP contribution is 2.23. The summed E-state index contributed by atoms with van der Waals surface area (Å²) in [6, 6.07) is 19.6. The standard InChI is InChI=1S/C18H16N2O2S/c21-17(20-22-12-14-7-3-1-4-8-14)11-16-13-23-18(19-16)15-9-5-2-6-10-15/h1-10,13H,11-12H2,(H,20,21). The maximum atomic E-state index is 11.9. The number of hydrogen-bond donors (Lipinski definition) is 1. The Bertz CT molecular complexity index is 757. The number of carbonyl (C=O) groups is 1. The van der Waals surface area contributed by atoms with Gasteiger partial charge in [0.15, 0.2) is 0 Å². The van der Waals surface area contributed by atoms with E-state index in [0.29, 0.717) is 6.61 Å². The molecule has 2 aromatic carbocycles. The van der Waals surface area contributed by atoms with E-state index >= 15 is 0 Å². The molecule has 1 aromatic heterocycles. The number of benzene rings is 2. The third-order valence-corrected chi connectivity index (χ3v) is 4.12. The number of amides is 1. The molecule has 0 saturated heterocycles. The van der Waals surface area contributed by atoms with Gasteiger partial charge >= 0.3 is 0 Å². The van der Waals surface area contributed by atoms with Gasteiger partial charge in [-0.05, 0) is 5.56 Å². The van der Waals surface area contributed by atoms with Gasteiger partial charge in [-0.25, -0.2) is 10.5 Å². The lowest BCUT2D eigenvalue weighted by atomic mass is 10.2. The Morgan fingerprint density at radius 3 is 2.48 bits per heavy atom. The topological polar surface area (TPSA) is 51.2 Å². The van der Waals surface area contributed by atoms with Gasteiger partial charge in [0, 0.05) is 10.9 Å². The first kappa shape index (κ1) is 15.4. The molecule has 3 rings (SSSR count). The van der Waals surface area contributed by atoms with Crippen molar-refractivity contribution in [2.75, 3.05) is 0 Å². The molecule has 4 nitrogen and oxygen atoms in total. The van der Waals surface area contributed by atoms with Gasteiger partial charge < -0.3 is 0 Å². The normalized spacial score (nSPS) is 10.4. The third kappa shape index (κ3) is 4.48. The summed E-state index contributed by atoms with van der Waals surface area (Å²) in [6.45, 7) is 0.346. The average molecular weight is 324 g/mol. The highest BCUT2D eigenvalue weighted by Gasteiger charge is 2.09. The number of hydroxylamine groups is 1. The Morgan fingerprint density at radius 1 is 1.04 bits per heavy atom. The molecule has 5 heteroatoms. The van der Waals surface area contributed by atoms with Crippen LogP contribution in [0.25, 0.3) is 10.6 Å². The maximum Gasteiger partial charge on any atom is 0.249 e. The molecule has 116 valence electrons. The smallest absolute Gasteiger partial charge is 0.249 e. The Balaban J connectivity index is 1.49. The summed E-state index contributed by atoms with van der Waals surface area (Å²) in [5.74, 6) is -0.203. The summed E-state index contributed by atoms with van der Waals surface area (Å²) in [5, 5.41) is 2.82. The van der Waals surface area contributed by atoms with Crippen molar-refractivity contribution in [1.82, 2.24) is 10.5 Å². The molecule has 0 fully saturated rings. The van der Waals surface area contributed by atoms with Crippen LogP contribution < -0.4 is 5.48 Å². The zero-order valence-electron chi connectivity index (χ0n) is 12.4. The van der Waals surface area contributed by atoms with Gasteiger partial charge in [0.2, 0.25) is 5.91 Å². The molecule has 0 radical (unpaired) electrons. The summed E-state index contributed by atoms with van der Waals surface area (Å²) in [6.07, 6.45) is 0.206. The van der Waals surface area contributed by atoms with Crippen LogP contribution >= 0.6 is 11.3 Å². The van der Waals surface area contributed by atoms with Gasteiger partial charge in [0.1, 0.15) is 5.01 Å². The van der Waals surface area contributed by atoms with Gasteiger partial charge in [0.05, 0.1) is 18.7 Å². The second-order valence-electron chi connectivity index (χ2n) is 4.99. The molecule has 3 aromatic rings. The van der Waals surface area contributed by atoms with Crippen LogP contribution in [0.5, 0.6) is 0 Å². The first-order valence-corrected chi connectivity index (χ1v) is 8.13. The summed E-state index contributed by atoms with van der Waals surface area (Å²) in [7, 11) is 0. The summed E-state index contributed by atoms with van der Waals surface area (Å²) >= 11 is 1.53. The van der Waals surface area contributed by atoms with Crippen LogP contribution in [0, 0.1) is 0 Å². The molecule has 1 amide bonds. The summed E-state index contributed by atoms with van der Waals surface area (Å²) in [5.41, 5.74) is 5.27. The lowest BCUT2D eigenvalue weighted by molar-refractivity contribution is -0.133. The predicted molar refractivity (Wildman–Crippen MR) is 90.6 cm³/mol. The molecule has 0 aliphatic heterocycles. The fourth-order valence-corrected chi connectivity index (χ4v) is 2.90. The molecule has 0 aliphatic rings. The molecule has 1 N–H and O–H groups in total. The summed E-state index contributed by atoms with van der Waals surface area (Å²) < 4.78 is 0. The fraction of sp³-hybridized carbons (Fsp3) is 0.111. The molecule has 0 atom stereocenters. The Morgan fingerprint density at radius 2 is 1.74 bits per heavy atom. The molecule has 0 unspecified atom stereocenters. The number of hydrogen-bond acceptors (Lipinski definition) is 4. The highest BCUT2D eigenvalue weighted by molar-refractivity contribution is 7.13. The molecule has 0 bridgehead atoms. The minimum atomic E-state index is -0.203. The molecule has 23 heavy (non-hydrogen) atoms. The van der Waals surface area contributed by atoms with Crippen LogP contribution in [0.15, 0.2) is 66.0 Å². The largest absolute Gasteiger partial charge is 0.272 e. The maximum absolute atomic E-state index is 11.9. The van der Waals surface area contributed by atoms with Gasteiger partial charge in [-0.1, -0.05) is 60.7 Å². The van der Waals surface area contributed by atoms with E-state index in [2.05, 4.69) is 10.5 Å². The lowest BCUT2D eigenvalue weighted by Gasteiger charge is -2.04. The second-order valence-corrected chi connectivity index (χ2v) is 5.84. The van der Waals surface area contributed by atoms with E-state index in [1.807, 2.05) is 66.0 Å². The lowest BCUT2D eigenvalue weighted by Crippen LogP contribution is -2.25. The van der Waals surface area contributed by atoms with Crippen molar-refractivity contribution in [2.45, 2.75) is 13.0 Å². The molecule has 0 saturated carbocycles. The number of thiazole rings is 1. The molecular weight excluding hydrogens is 308 g/mol. The van der Waals surface area contributed by atoms with Gasteiger partial charge in [-0.3, -0.25) is 9.63 Å². The Kier molecular flexibility index (Phi) is 5.13. The van der Waals surface area contributed by atoms with Crippen LogP contribution in [-0.2, 0) is 22.7 Å². The minimum Gasteiger partial charge on any atom is -0.272 e. The number of carbonyl (C=O) groups excluding carboxylic acids is 1. The van der Waals surface area contributed by atoms with Gasteiger partial charge in [0.25, 0.3) is 0 Å². The number of aromatic nitrogens is 1. The second kappa shape index (κ2) is 7.67. The van der Waals surface area contributed by atoms with E-state index in [4.69, 9.17) is 4.84 Å². The van der Waals surface area contributed by atoms with E-state index in [9.17, 15) is 4.79 Å². The van der Waals surface area contributed by atoms with Crippen LogP contribution in [0.2, 0.25) is 0 Å². The fourth-order valence-electron chi connectivity index (χ4n) is 2.08. The van der Waals surface area contributed by atoms with Crippen molar-refractivity contribution in [3.05, 3.63) is 77.3 Å².